The number of ether oxygens (including phenoxy) is 3. The van der Waals surface area contributed by atoms with E-state index in [9.17, 15) is 22.8 Å². The number of benzene rings is 2. The van der Waals surface area contributed by atoms with Crippen molar-refractivity contribution in [3.8, 4) is 17.2 Å². The van der Waals surface area contributed by atoms with E-state index in [1.807, 2.05) is 0 Å². The Bertz CT molecular complexity index is 1250. The van der Waals surface area contributed by atoms with Crippen LogP contribution in [0.4, 0.5) is 4.79 Å². The van der Waals surface area contributed by atoms with Crippen LogP contribution in [-0.4, -0.2) is 57.3 Å². The van der Waals surface area contributed by atoms with Crippen molar-refractivity contribution < 1.29 is 41.2 Å². The second kappa shape index (κ2) is 11.3. The fourth-order valence-corrected chi connectivity index (χ4v) is 4.76. The van der Waals surface area contributed by atoms with Gasteiger partial charge in [0.2, 0.25) is 0 Å². The molecule has 0 unspecified atom stereocenters. The van der Waals surface area contributed by atoms with Crippen molar-refractivity contribution in [3.63, 3.8) is 0 Å². The van der Waals surface area contributed by atoms with E-state index in [0.717, 1.165) is 4.90 Å². The van der Waals surface area contributed by atoms with Crippen molar-refractivity contribution in [2.24, 2.45) is 0 Å². The molecule has 1 aliphatic rings. The molecule has 0 N–H and O–H groups in total. The molecule has 2 aromatic carbocycles. The average Bonchev–Trinajstić information content (AvgIpc) is 3.08. The molecule has 12 heteroatoms. The number of thioether (sulfide) groups is 1. The zero-order valence-corrected chi connectivity index (χ0v) is 20.8. The van der Waals surface area contributed by atoms with Gasteiger partial charge in [-0.3, -0.25) is 19.3 Å². The van der Waals surface area contributed by atoms with Crippen molar-refractivity contribution in [1.29, 1.82) is 0 Å². The number of nitrogens with zero attached hydrogens (tertiary/aromatic N) is 1. The maximum absolute atomic E-state index is 12.7. The van der Waals surface area contributed by atoms with Gasteiger partial charge in [0.1, 0.15) is 17.2 Å². The van der Waals surface area contributed by atoms with Crippen molar-refractivity contribution in [1.82, 2.24) is 4.90 Å². The predicted octanol–water partition coefficient (Wildman–Crippen LogP) is 3.46. The van der Waals surface area contributed by atoms with Crippen LogP contribution in [0.1, 0.15) is 19.4 Å². The summed E-state index contributed by atoms with van der Waals surface area (Å²) in [6.07, 6.45) is 1.44. The molecule has 0 aromatic heterocycles. The Balaban J connectivity index is 1.84. The third kappa shape index (κ3) is 6.34. The van der Waals surface area contributed by atoms with Gasteiger partial charge in [-0.2, -0.15) is 8.42 Å². The maximum atomic E-state index is 12.7. The number of carbonyl (C=O) groups is 3. The lowest BCUT2D eigenvalue weighted by Crippen LogP contribution is -2.34. The number of hydrogen-bond donors (Lipinski definition) is 0. The lowest BCUT2D eigenvalue weighted by atomic mass is 10.2. The van der Waals surface area contributed by atoms with E-state index in [-0.39, 0.29) is 34.5 Å². The predicted molar refractivity (Wildman–Crippen MR) is 128 cm³/mol. The third-order valence-corrected chi connectivity index (χ3v) is 6.73. The van der Waals surface area contributed by atoms with Crippen LogP contribution in [0, 0.1) is 0 Å². The molecule has 186 valence electrons. The first-order valence-electron chi connectivity index (χ1n) is 10.4. The van der Waals surface area contributed by atoms with Gasteiger partial charge in [0.05, 0.1) is 25.2 Å². The molecule has 0 bridgehead atoms. The van der Waals surface area contributed by atoms with E-state index in [2.05, 4.69) is 0 Å². The summed E-state index contributed by atoms with van der Waals surface area (Å²) in [5.41, 5.74) is 0.462. The Morgan fingerprint density at radius 1 is 1.03 bits per heavy atom. The Morgan fingerprint density at radius 2 is 1.74 bits per heavy atom. The summed E-state index contributed by atoms with van der Waals surface area (Å²) >= 11 is 0.683. The first-order chi connectivity index (χ1) is 16.7. The van der Waals surface area contributed by atoms with Gasteiger partial charge < -0.3 is 18.4 Å². The molecule has 0 atom stereocenters. The van der Waals surface area contributed by atoms with Crippen molar-refractivity contribution in [2.45, 2.75) is 18.7 Å². The van der Waals surface area contributed by atoms with Crippen LogP contribution in [0.3, 0.4) is 0 Å². The van der Waals surface area contributed by atoms with E-state index < -0.39 is 33.8 Å². The molecule has 10 nitrogen and oxygen atoms in total. The minimum atomic E-state index is -4.16. The van der Waals surface area contributed by atoms with Gasteiger partial charge in [0, 0.05) is 0 Å². The highest BCUT2D eigenvalue weighted by Gasteiger charge is 2.36. The molecule has 0 spiro atoms. The van der Waals surface area contributed by atoms with Gasteiger partial charge in [-0.15, -0.1) is 0 Å². The van der Waals surface area contributed by atoms with Gasteiger partial charge in [-0.1, -0.05) is 6.07 Å². The fraction of sp³-hybridized carbons (Fsp3) is 0.261. The van der Waals surface area contributed by atoms with Gasteiger partial charge in [-0.25, -0.2) is 0 Å². The first kappa shape index (κ1) is 26.1. The second-order valence-corrected chi connectivity index (χ2v) is 9.46. The van der Waals surface area contributed by atoms with Crippen molar-refractivity contribution >= 4 is 45.1 Å². The van der Waals surface area contributed by atoms with Gasteiger partial charge in [0.15, 0.2) is 11.5 Å². The number of hydrogen-bond acceptors (Lipinski definition) is 10. The summed E-state index contributed by atoms with van der Waals surface area (Å²) in [5, 5.41) is -0.593. The summed E-state index contributed by atoms with van der Waals surface area (Å²) in [6.45, 7) is 3.22. The minimum Gasteiger partial charge on any atom is -0.497 e. The summed E-state index contributed by atoms with van der Waals surface area (Å²) in [7, 11) is -2.69. The van der Waals surface area contributed by atoms with Gasteiger partial charge in [-0.05, 0) is 73.6 Å². The number of methoxy groups -OCH3 is 1. The Labute approximate surface area is 206 Å². The molecule has 2 aromatic rings. The highest BCUT2D eigenvalue weighted by atomic mass is 32.2. The van der Waals surface area contributed by atoms with Crippen LogP contribution in [0.25, 0.3) is 6.08 Å². The van der Waals surface area contributed by atoms with E-state index in [4.69, 9.17) is 18.4 Å². The third-order valence-electron chi connectivity index (χ3n) is 4.58. The van der Waals surface area contributed by atoms with Crippen LogP contribution in [0.2, 0.25) is 0 Å². The van der Waals surface area contributed by atoms with Crippen LogP contribution in [0.5, 0.6) is 17.2 Å². The molecule has 3 rings (SSSR count). The SMILES string of the molecule is CCOC(=O)CN1C(=O)S/C(=C\c2ccc(OS(=O)(=O)c3ccc(OC)cc3)c(OCC)c2)C1=O. The first-order valence-corrected chi connectivity index (χ1v) is 12.7. The molecule has 2 amide bonds. The van der Waals surface area contributed by atoms with Crippen LogP contribution < -0.4 is 13.7 Å². The van der Waals surface area contributed by atoms with Gasteiger partial charge in [0.25, 0.3) is 11.1 Å². The molecule has 1 heterocycles. The Hall–Kier alpha value is -3.51. The number of esters is 1. The normalized spacial score (nSPS) is 14.8. The fourth-order valence-electron chi connectivity index (χ4n) is 2.98. The van der Waals surface area contributed by atoms with E-state index in [1.54, 1.807) is 13.8 Å². The number of amides is 2. The molecule has 0 radical (unpaired) electrons. The highest BCUT2D eigenvalue weighted by molar-refractivity contribution is 8.18. The van der Waals surface area contributed by atoms with E-state index in [0.29, 0.717) is 23.1 Å². The number of imide groups is 1. The lowest BCUT2D eigenvalue weighted by Gasteiger charge is -2.13. The molecule has 35 heavy (non-hydrogen) atoms. The Kier molecular flexibility index (Phi) is 8.41. The molecule has 0 aliphatic carbocycles. The monoisotopic (exact) mass is 521 g/mol. The maximum Gasteiger partial charge on any atom is 0.339 e. The standard InChI is InChI=1S/C23H23NO9S2/c1-4-31-19-12-15(13-20-22(26)24(23(27)34-20)14-21(25)32-5-2)6-11-18(19)33-35(28,29)17-9-7-16(30-3)8-10-17/h6-13H,4-5,14H2,1-3H3/b20-13-. The van der Waals surface area contributed by atoms with Crippen LogP contribution in [0.15, 0.2) is 52.3 Å². The average molecular weight is 522 g/mol. The zero-order chi connectivity index (χ0) is 25.6. The van der Waals surface area contributed by atoms with Crippen LogP contribution in [-0.2, 0) is 24.4 Å². The quantitative estimate of drug-likeness (QED) is 0.261. The topological polar surface area (TPSA) is 126 Å². The van der Waals surface area contributed by atoms with E-state index >= 15 is 0 Å². The summed E-state index contributed by atoms with van der Waals surface area (Å²) in [4.78, 5) is 37.3. The number of rotatable bonds is 10. The summed E-state index contributed by atoms with van der Waals surface area (Å²) in [6, 6.07) is 10.1. The highest BCUT2D eigenvalue weighted by Crippen LogP contribution is 2.35. The molecule has 0 saturated carbocycles. The number of carbonyl (C=O) groups excluding carboxylic acids is 3. The minimum absolute atomic E-state index is 0.0461. The Morgan fingerprint density at radius 3 is 2.37 bits per heavy atom. The lowest BCUT2D eigenvalue weighted by molar-refractivity contribution is -0.145. The van der Waals surface area contributed by atoms with Crippen LogP contribution >= 0.6 is 11.8 Å². The van der Waals surface area contributed by atoms with E-state index in [1.165, 1.54) is 55.7 Å². The van der Waals surface area contributed by atoms with Crippen molar-refractivity contribution in [3.05, 3.63) is 52.9 Å². The largest absolute Gasteiger partial charge is 0.497 e. The van der Waals surface area contributed by atoms with Crippen molar-refractivity contribution in [2.75, 3.05) is 26.9 Å². The molecule has 1 fully saturated rings. The summed E-state index contributed by atoms with van der Waals surface area (Å²) in [5.74, 6) is -0.739. The summed E-state index contributed by atoms with van der Waals surface area (Å²) < 4.78 is 46.1. The van der Waals surface area contributed by atoms with Gasteiger partial charge >= 0.3 is 16.1 Å². The molecular formula is C23H23NO9S2. The second-order valence-electron chi connectivity index (χ2n) is 6.93. The zero-order valence-electron chi connectivity index (χ0n) is 19.2. The smallest absolute Gasteiger partial charge is 0.339 e. The molecule has 1 saturated heterocycles. The molecule has 1 aliphatic heterocycles. The molecular weight excluding hydrogens is 498 g/mol.